The Morgan fingerprint density at radius 2 is 2.24 bits per heavy atom. The van der Waals surface area contributed by atoms with Crippen molar-refractivity contribution < 1.29 is 0 Å². The topological polar surface area (TPSA) is 78.9 Å². The molecule has 1 aromatic heterocycles. The van der Waals surface area contributed by atoms with Crippen molar-refractivity contribution in [3.8, 4) is 0 Å². The van der Waals surface area contributed by atoms with E-state index in [1.165, 1.54) is 5.75 Å². The van der Waals surface area contributed by atoms with Gasteiger partial charge in [-0.1, -0.05) is 0 Å². The normalized spacial score (nSPS) is 16.6. The number of aryl methyl sites for hydroxylation is 1. The lowest BCUT2D eigenvalue weighted by Crippen LogP contribution is -2.28. The van der Waals surface area contributed by atoms with Crippen molar-refractivity contribution in [2.45, 2.75) is 13.3 Å². The van der Waals surface area contributed by atoms with Crippen LogP contribution in [0.1, 0.15) is 17.8 Å². The summed E-state index contributed by atoms with van der Waals surface area (Å²) < 4.78 is 0. The molecule has 0 atom stereocenters. The summed E-state index contributed by atoms with van der Waals surface area (Å²) in [6, 6.07) is 1.75. The van der Waals surface area contributed by atoms with E-state index < -0.39 is 0 Å². The van der Waals surface area contributed by atoms with Crippen LogP contribution in [0, 0.1) is 12.3 Å². The van der Waals surface area contributed by atoms with Crippen molar-refractivity contribution in [2.24, 2.45) is 5.73 Å². The van der Waals surface area contributed by atoms with Crippen LogP contribution in [-0.2, 0) is 0 Å². The summed E-state index contributed by atoms with van der Waals surface area (Å²) in [5, 5.41) is 7.45. The van der Waals surface area contributed by atoms with Crippen molar-refractivity contribution in [1.29, 1.82) is 5.41 Å². The highest BCUT2D eigenvalue weighted by molar-refractivity contribution is 7.99. The van der Waals surface area contributed by atoms with Crippen molar-refractivity contribution in [1.82, 2.24) is 9.97 Å². The number of hydrogen-bond donors (Lipinski definition) is 2. The van der Waals surface area contributed by atoms with Gasteiger partial charge in [-0.25, -0.2) is 9.97 Å². The van der Waals surface area contributed by atoms with Crippen LogP contribution in [0.2, 0.25) is 0 Å². The number of thioether (sulfide) groups is 1. The van der Waals surface area contributed by atoms with Gasteiger partial charge in [-0.05, 0) is 25.2 Å². The Labute approximate surface area is 105 Å². The molecule has 6 heteroatoms. The molecule has 92 valence electrons. The average Bonchev–Trinajstić information content (AvgIpc) is 2.56. The minimum atomic E-state index is 0.000877. The molecule has 17 heavy (non-hydrogen) atoms. The van der Waals surface area contributed by atoms with E-state index in [1.807, 2.05) is 18.7 Å². The third-order valence-electron chi connectivity index (χ3n) is 2.62. The van der Waals surface area contributed by atoms with Gasteiger partial charge in [0.1, 0.15) is 11.5 Å². The van der Waals surface area contributed by atoms with E-state index in [9.17, 15) is 0 Å². The molecule has 1 aliphatic rings. The van der Waals surface area contributed by atoms with Gasteiger partial charge >= 0.3 is 0 Å². The van der Waals surface area contributed by atoms with Crippen molar-refractivity contribution in [3.05, 3.63) is 17.5 Å². The first-order chi connectivity index (χ1) is 8.16. The maximum absolute atomic E-state index is 7.45. The smallest absolute Gasteiger partial charge is 0.226 e. The first-order valence-electron chi connectivity index (χ1n) is 5.69. The lowest BCUT2D eigenvalue weighted by molar-refractivity contribution is 0.778. The van der Waals surface area contributed by atoms with Crippen LogP contribution in [0.5, 0.6) is 0 Å². The molecule has 0 saturated carbocycles. The van der Waals surface area contributed by atoms with Crippen molar-refractivity contribution >= 4 is 23.5 Å². The lowest BCUT2D eigenvalue weighted by Gasteiger charge is -2.20. The predicted molar refractivity (Wildman–Crippen MR) is 71.9 cm³/mol. The molecule has 0 radical (unpaired) electrons. The third-order valence-corrected chi connectivity index (χ3v) is 3.67. The van der Waals surface area contributed by atoms with Crippen LogP contribution in [0.4, 0.5) is 5.95 Å². The SMILES string of the molecule is Cc1cc(C(=N)N)nc(N2CCCSCC2)n1. The van der Waals surface area contributed by atoms with Gasteiger partial charge < -0.3 is 10.6 Å². The van der Waals surface area contributed by atoms with E-state index >= 15 is 0 Å². The van der Waals surface area contributed by atoms with Gasteiger partial charge in [-0.3, -0.25) is 5.41 Å². The Morgan fingerprint density at radius 1 is 1.41 bits per heavy atom. The fourth-order valence-electron chi connectivity index (χ4n) is 1.78. The Morgan fingerprint density at radius 3 is 3.00 bits per heavy atom. The van der Waals surface area contributed by atoms with Crippen LogP contribution in [0.25, 0.3) is 0 Å². The molecule has 5 nitrogen and oxygen atoms in total. The molecule has 1 saturated heterocycles. The molecular weight excluding hydrogens is 234 g/mol. The second-order valence-corrected chi connectivity index (χ2v) is 5.29. The van der Waals surface area contributed by atoms with Gasteiger partial charge in [0.05, 0.1) is 0 Å². The van der Waals surface area contributed by atoms with Crippen LogP contribution in [0.15, 0.2) is 6.07 Å². The Kier molecular flexibility index (Phi) is 3.83. The summed E-state index contributed by atoms with van der Waals surface area (Å²) in [6.07, 6.45) is 1.15. The summed E-state index contributed by atoms with van der Waals surface area (Å²) in [5.41, 5.74) is 6.86. The number of nitrogens with one attached hydrogen (secondary N) is 1. The van der Waals surface area contributed by atoms with Gasteiger partial charge in [0.15, 0.2) is 0 Å². The number of amidine groups is 1. The van der Waals surface area contributed by atoms with Gasteiger partial charge in [0, 0.05) is 24.5 Å². The summed E-state index contributed by atoms with van der Waals surface area (Å²) in [7, 11) is 0. The van der Waals surface area contributed by atoms with Crippen LogP contribution in [0.3, 0.4) is 0 Å². The molecule has 1 aliphatic heterocycles. The zero-order valence-electron chi connectivity index (χ0n) is 9.94. The van der Waals surface area contributed by atoms with E-state index in [2.05, 4.69) is 14.9 Å². The highest BCUT2D eigenvalue weighted by atomic mass is 32.2. The highest BCUT2D eigenvalue weighted by Gasteiger charge is 2.14. The summed E-state index contributed by atoms with van der Waals surface area (Å²) in [5.74, 6) is 3.01. The molecule has 1 aromatic rings. The van der Waals surface area contributed by atoms with Gasteiger partial charge in [-0.15, -0.1) is 0 Å². The summed E-state index contributed by atoms with van der Waals surface area (Å²) in [4.78, 5) is 11.0. The Balaban J connectivity index is 2.27. The number of anilines is 1. The minimum absolute atomic E-state index is 0.000877. The van der Waals surface area contributed by atoms with Crippen LogP contribution >= 0.6 is 11.8 Å². The number of rotatable bonds is 2. The second-order valence-electron chi connectivity index (χ2n) is 4.06. The highest BCUT2D eigenvalue weighted by Crippen LogP contribution is 2.16. The maximum Gasteiger partial charge on any atom is 0.226 e. The Hall–Kier alpha value is -1.30. The molecule has 0 aromatic carbocycles. The van der Waals surface area contributed by atoms with Crippen LogP contribution < -0.4 is 10.6 Å². The van der Waals surface area contributed by atoms with Crippen molar-refractivity contribution in [2.75, 3.05) is 29.5 Å². The first kappa shape index (κ1) is 12.2. The van der Waals surface area contributed by atoms with E-state index in [-0.39, 0.29) is 5.84 Å². The minimum Gasteiger partial charge on any atom is -0.382 e. The fraction of sp³-hybridized carbons (Fsp3) is 0.545. The molecular formula is C11H17N5S. The largest absolute Gasteiger partial charge is 0.382 e. The van der Waals surface area contributed by atoms with Crippen LogP contribution in [-0.4, -0.2) is 40.4 Å². The third kappa shape index (κ3) is 3.09. The molecule has 0 spiro atoms. The molecule has 0 amide bonds. The molecule has 0 aliphatic carbocycles. The van der Waals surface area contributed by atoms with Gasteiger partial charge in [-0.2, -0.15) is 11.8 Å². The zero-order valence-corrected chi connectivity index (χ0v) is 10.8. The number of nitrogens with two attached hydrogens (primary N) is 1. The summed E-state index contributed by atoms with van der Waals surface area (Å²) >= 11 is 1.96. The lowest BCUT2D eigenvalue weighted by atomic mass is 10.3. The number of nitrogens with zero attached hydrogens (tertiary/aromatic N) is 3. The van der Waals surface area contributed by atoms with E-state index in [1.54, 1.807) is 6.07 Å². The second kappa shape index (κ2) is 5.35. The molecule has 1 fully saturated rings. The number of aromatic nitrogens is 2. The molecule has 2 rings (SSSR count). The van der Waals surface area contributed by atoms with E-state index in [0.717, 1.165) is 31.0 Å². The molecule has 2 heterocycles. The Bertz CT molecular complexity index is 412. The fourth-order valence-corrected chi connectivity index (χ4v) is 2.67. The average molecular weight is 251 g/mol. The monoisotopic (exact) mass is 251 g/mol. The zero-order chi connectivity index (χ0) is 12.3. The van der Waals surface area contributed by atoms with Crippen molar-refractivity contribution in [3.63, 3.8) is 0 Å². The van der Waals surface area contributed by atoms with E-state index in [0.29, 0.717) is 11.6 Å². The predicted octanol–water partition coefficient (Wildman–Crippen LogP) is 1.01. The summed E-state index contributed by atoms with van der Waals surface area (Å²) in [6.45, 7) is 3.85. The standard InChI is InChI=1S/C11H17N5S/c1-8-7-9(10(12)13)15-11(14-8)16-3-2-5-17-6-4-16/h7H,2-6H2,1H3,(H3,12,13). The molecule has 0 unspecified atom stereocenters. The number of hydrogen-bond acceptors (Lipinski definition) is 5. The van der Waals surface area contributed by atoms with E-state index in [4.69, 9.17) is 11.1 Å². The van der Waals surface area contributed by atoms with Gasteiger partial charge in [0.25, 0.3) is 0 Å². The quantitative estimate of drug-likeness (QED) is 0.606. The molecule has 3 N–H and O–H groups in total. The van der Waals surface area contributed by atoms with Gasteiger partial charge in [0.2, 0.25) is 5.95 Å². The first-order valence-corrected chi connectivity index (χ1v) is 6.85. The maximum atomic E-state index is 7.45. The molecule has 0 bridgehead atoms. The number of nitrogen functional groups attached to an aromatic ring is 1.